The van der Waals surface area contributed by atoms with Crippen LogP contribution >= 0.6 is 11.3 Å². The number of likely N-dealkylation sites (N-methyl/N-ethyl adjacent to an activating group) is 1. The van der Waals surface area contributed by atoms with E-state index >= 15 is 0 Å². The molecule has 0 saturated heterocycles. The molecule has 0 radical (unpaired) electrons. The van der Waals surface area contributed by atoms with E-state index in [1.807, 2.05) is 30.4 Å². The number of aldehydes is 1. The van der Waals surface area contributed by atoms with Gasteiger partial charge in [-0.2, -0.15) is 0 Å². The van der Waals surface area contributed by atoms with Crippen LogP contribution in [0.4, 0.5) is 0 Å². The number of hydrogen-bond donors (Lipinski definition) is 0. The second kappa shape index (κ2) is 4.35. The molecule has 0 N–H and O–H groups in total. The molecule has 0 saturated carbocycles. The minimum absolute atomic E-state index is 0.770. The van der Waals surface area contributed by atoms with E-state index in [0.717, 1.165) is 28.8 Å². The summed E-state index contributed by atoms with van der Waals surface area (Å²) in [6, 6.07) is 1.94. The van der Waals surface area contributed by atoms with E-state index < -0.39 is 0 Å². The van der Waals surface area contributed by atoms with Gasteiger partial charge < -0.3 is 4.90 Å². The summed E-state index contributed by atoms with van der Waals surface area (Å²) < 4.78 is 0. The number of hydrogen-bond acceptors (Lipinski definition) is 3. The monoisotopic (exact) mass is 195 g/mol. The first-order valence-corrected chi connectivity index (χ1v) is 4.88. The van der Waals surface area contributed by atoms with Crippen LogP contribution in [0, 0.1) is 0 Å². The Morgan fingerprint density at radius 1 is 1.69 bits per heavy atom. The highest BCUT2D eigenvalue weighted by atomic mass is 32.1. The molecule has 1 heterocycles. The van der Waals surface area contributed by atoms with Gasteiger partial charge in [-0.3, -0.25) is 4.79 Å². The van der Waals surface area contributed by atoms with E-state index in [0.29, 0.717) is 0 Å². The van der Waals surface area contributed by atoms with E-state index in [1.165, 1.54) is 11.3 Å². The molecule has 0 atom stereocenters. The third kappa shape index (κ3) is 2.50. The molecule has 0 fully saturated rings. The Labute approximate surface area is 82.5 Å². The molecule has 0 aromatic carbocycles. The van der Waals surface area contributed by atoms with Crippen molar-refractivity contribution in [2.24, 2.45) is 0 Å². The Bertz CT molecular complexity index is 314. The lowest BCUT2D eigenvalue weighted by Crippen LogP contribution is -2.14. The van der Waals surface area contributed by atoms with Gasteiger partial charge in [0.25, 0.3) is 0 Å². The highest BCUT2D eigenvalue weighted by Crippen LogP contribution is 2.21. The molecule has 0 spiro atoms. The average molecular weight is 195 g/mol. The SMILES string of the molecule is C=C(CN(C)C)c1ccsc1C=O. The van der Waals surface area contributed by atoms with Crippen molar-refractivity contribution in [2.75, 3.05) is 20.6 Å². The molecule has 13 heavy (non-hydrogen) atoms. The van der Waals surface area contributed by atoms with E-state index in [-0.39, 0.29) is 0 Å². The summed E-state index contributed by atoms with van der Waals surface area (Å²) in [5, 5.41) is 1.92. The summed E-state index contributed by atoms with van der Waals surface area (Å²) >= 11 is 1.46. The van der Waals surface area contributed by atoms with Crippen molar-refractivity contribution in [2.45, 2.75) is 0 Å². The van der Waals surface area contributed by atoms with Gasteiger partial charge in [0, 0.05) is 6.54 Å². The molecule has 0 amide bonds. The van der Waals surface area contributed by atoms with Crippen LogP contribution in [0.2, 0.25) is 0 Å². The lowest BCUT2D eigenvalue weighted by Gasteiger charge is -2.11. The fourth-order valence-electron chi connectivity index (χ4n) is 1.17. The quantitative estimate of drug-likeness (QED) is 0.686. The molecule has 0 aliphatic carbocycles. The first-order chi connectivity index (χ1) is 6.15. The number of carbonyl (C=O) groups is 1. The van der Waals surface area contributed by atoms with Crippen LogP contribution in [0.15, 0.2) is 18.0 Å². The lowest BCUT2D eigenvalue weighted by atomic mass is 10.1. The fraction of sp³-hybridized carbons (Fsp3) is 0.300. The summed E-state index contributed by atoms with van der Waals surface area (Å²) in [6.07, 6.45) is 0.890. The van der Waals surface area contributed by atoms with Gasteiger partial charge in [0.05, 0.1) is 4.88 Å². The van der Waals surface area contributed by atoms with Crippen LogP contribution in [0.25, 0.3) is 5.57 Å². The van der Waals surface area contributed by atoms with Crippen molar-refractivity contribution in [3.8, 4) is 0 Å². The summed E-state index contributed by atoms with van der Waals surface area (Å²) in [5.74, 6) is 0. The highest BCUT2D eigenvalue weighted by molar-refractivity contribution is 7.12. The van der Waals surface area contributed by atoms with Crippen molar-refractivity contribution in [1.29, 1.82) is 0 Å². The van der Waals surface area contributed by atoms with Crippen LogP contribution in [0.5, 0.6) is 0 Å². The molecule has 0 bridgehead atoms. The van der Waals surface area contributed by atoms with Gasteiger partial charge in [0.2, 0.25) is 0 Å². The van der Waals surface area contributed by atoms with E-state index in [1.54, 1.807) is 0 Å². The molecule has 3 heteroatoms. The minimum atomic E-state index is 0.770. The Balaban J connectivity index is 2.82. The Hall–Kier alpha value is -0.930. The standard InChI is InChI=1S/C10H13NOS/c1-8(6-11(2)3)9-4-5-13-10(9)7-12/h4-5,7H,1,6H2,2-3H3. The Kier molecular flexibility index (Phi) is 3.39. The first-order valence-electron chi connectivity index (χ1n) is 4.00. The zero-order chi connectivity index (χ0) is 9.84. The molecule has 70 valence electrons. The fourth-order valence-corrected chi connectivity index (χ4v) is 1.92. The minimum Gasteiger partial charge on any atom is -0.305 e. The predicted octanol–water partition coefficient (Wildman–Crippen LogP) is 2.14. The zero-order valence-corrected chi connectivity index (χ0v) is 8.73. The molecule has 1 rings (SSSR count). The van der Waals surface area contributed by atoms with E-state index in [9.17, 15) is 4.79 Å². The summed E-state index contributed by atoms with van der Waals surface area (Å²) in [7, 11) is 3.97. The van der Waals surface area contributed by atoms with E-state index in [2.05, 4.69) is 6.58 Å². The third-order valence-corrected chi connectivity index (χ3v) is 2.53. The third-order valence-electron chi connectivity index (χ3n) is 1.69. The van der Waals surface area contributed by atoms with E-state index in [4.69, 9.17) is 0 Å². The van der Waals surface area contributed by atoms with Gasteiger partial charge in [-0.25, -0.2) is 0 Å². The number of carbonyl (C=O) groups excluding carboxylic acids is 1. The molecule has 0 aliphatic rings. The molecule has 0 unspecified atom stereocenters. The maximum Gasteiger partial charge on any atom is 0.160 e. The smallest absolute Gasteiger partial charge is 0.160 e. The van der Waals surface area contributed by atoms with Gasteiger partial charge >= 0.3 is 0 Å². The second-order valence-electron chi connectivity index (χ2n) is 3.16. The lowest BCUT2D eigenvalue weighted by molar-refractivity contribution is 0.112. The average Bonchev–Trinajstić information content (AvgIpc) is 2.49. The Morgan fingerprint density at radius 3 is 2.92 bits per heavy atom. The van der Waals surface area contributed by atoms with Crippen LogP contribution in [0.3, 0.4) is 0 Å². The predicted molar refractivity (Wildman–Crippen MR) is 57.3 cm³/mol. The van der Waals surface area contributed by atoms with Crippen LogP contribution in [-0.4, -0.2) is 31.8 Å². The molecule has 0 aliphatic heterocycles. The van der Waals surface area contributed by atoms with Crippen molar-refractivity contribution in [3.63, 3.8) is 0 Å². The van der Waals surface area contributed by atoms with Crippen molar-refractivity contribution in [1.82, 2.24) is 4.90 Å². The zero-order valence-electron chi connectivity index (χ0n) is 7.91. The normalized spacial score (nSPS) is 10.4. The van der Waals surface area contributed by atoms with Crippen molar-refractivity contribution < 1.29 is 4.79 Å². The molecule has 1 aromatic rings. The summed E-state index contributed by atoms with van der Waals surface area (Å²) in [5.41, 5.74) is 1.97. The second-order valence-corrected chi connectivity index (χ2v) is 4.11. The van der Waals surface area contributed by atoms with Crippen LogP contribution < -0.4 is 0 Å². The molecule has 2 nitrogen and oxygen atoms in total. The first kappa shape index (κ1) is 10.2. The number of thiophene rings is 1. The summed E-state index contributed by atoms with van der Waals surface area (Å²) in [6.45, 7) is 4.74. The maximum atomic E-state index is 10.6. The van der Waals surface area contributed by atoms with Crippen LogP contribution in [0.1, 0.15) is 15.2 Å². The number of rotatable bonds is 4. The number of nitrogens with zero attached hydrogens (tertiary/aromatic N) is 1. The van der Waals surface area contributed by atoms with Crippen molar-refractivity contribution in [3.05, 3.63) is 28.5 Å². The summed E-state index contributed by atoms with van der Waals surface area (Å²) in [4.78, 5) is 13.4. The van der Waals surface area contributed by atoms with Gasteiger partial charge in [-0.15, -0.1) is 11.3 Å². The molecule has 1 aromatic heterocycles. The highest BCUT2D eigenvalue weighted by Gasteiger charge is 2.06. The molecular formula is C10H13NOS. The Morgan fingerprint density at radius 2 is 2.38 bits per heavy atom. The van der Waals surface area contributed by atoms with Crippen LogP contribution in [-0.2, 0) is 0 Å². The maximum absolute atomic E-state index is 10.6. The topological polar surface area (TPSA) is 20.3 Å². The van der Waals surface area contributed by atoms with Gasteiger partial charge in [-0.05, 0) is 36.7 Å². The van der Waals surface area contributed by atoms with Gasteiger partial charge in [0.1, 0.15) is 0 Å². The molecular weight excluding hydrogens is 182 g/mol. The van der Waals surface area contributed by atoms with Gasteiger partial charge in [0.15, 0.2) is 6.29 Å². The largest absolute Gasteiger partial charge is 0.305 e. The van der Waals surface area contributed by atoms with Gasteiger partial charge in [-0.1, -0.05) is 6.58 Å². The van der Waals surface area contributed by atoms with Crippen molar-refractivity contribution >= 4 is 23.2 Å².